The van der Waals surface area contributed by atoms with E-state index in [1.807, 2.05) is 41.8 Å². The van der Waals surface area contributed by atoms with Crippen molar-refractivity contribution in [2.24, 2.45) is 0 Å². The van der Waals surface area contributed by atoms with Crippen LogP contribution in [0.5, 0.6) is 0 Å². The number of thiophene rings is 1. The monoisotopic (exact) mass is 429 g/mol. The van der Waals surface area contributed by atoms with Crippen LogP contribution in [-0.2, 0) is 26.9 Å². The molecule has 0 bridgehead atoms. The fraction of sp³-hybridized carbons (Fsp3) is 0.389. The average molecular weight is 430 g/mol. The second-order valence-corrected chi connectivity index (χ2v) is 11.0. The van der Waals surface area contributed by atoms with Crippen LogP contribution in [0.25, 0.3) is 0 Å². The Hall–Kier alpha value is -1.02. The molecule has 0 saturated carbocycles. The van der Waals surface area contributed by atoms with Gasteiger partial charge in [-0.3, -0.25) is 4.79 Å². The molecule has 8 heteroatoms. The van der Waals surface area contributed by atoms with Gasteiger partial charge in [0.1, 0.15) is 0 Å². The zero-order valence-corrected chi connectivity index (χ0v) is 17.3. The van der Waals surface area contributed by atoms with Crippen molar-refractivity contribution in [1.82, 2.24) is 4.90 Å². The molecule has 0 spiro atoms. The molecule has 1 atom stereocenters. The van der Waals surface area contributed by atoms with Gasteiger partial charge < -0.3 is 4.90 Å². The molecule has 3 rings (SSSR count). The highest BCUT2D eigenvalue weighted by Gasteiger charge is 2.34. The van der Waals surface area contributed by atoms with Crippen LogP contribution in [0.15, 0.2) is 41.8 Å². The molecule has 1 fully saturated rings. The van der Waals surface area contributed by atoms with Gasteiger partial charge in [0.15, 0.2) is 9.84 Å². The lowest BCUT2D eigenvalue weighted by atomic mass is 10.2. The minimum atomic E-state index is -3.03. The fourth-order valence-corrected chi connectivity index (χ4v) is 6.36. The molecule has 1 amide bonds. The van der Waals surface area contributed by atoms with Crippen LogP contribution < -0.4 is 0 Å². The van der Waals surface area contributed by atoms with Gasteiger partial charge >= 0.3 is 0 Å². The van der Waals surface area contributed by atoms with Crippen LogP contribution in [0.1, 0.15) is 16.9 Å². The first-order valence-corrected chi connectivity index (χ1v) is 12.5. The summed E-state index contributed by atoms with van der Waals surface area (Å²) in [5.74, 6) is 1.30. The van der Waals surface area contributed by atoms with Crippen molar-refractivity contribution in [3.05, 3.63) is 57.2 Å². The van der Waals surface area contributed by atoms with Gasteiger partial charge in [0.25, 0.3) is 0 Å². The fourth-order valence-electron chi connectivity index (χ4n) is 2.93. The molecule has 26 heavy (non-hydrogen) atoms. The quantitative estimate of drug-likeness (QED) is 0.670. The summed E-state index contributed by atoms with van der Waals surface area (Å²) < 4.78 is 23.7. The summed E-state index contributed by atoms with van der Waals surface area (Å²) in [6, 6.07) is 11.3. The first kappa shape index (κ1) is 19.7. The number of carbonyl (C=O) groups excluding carboxylic acids is 1. The standard InChI is InChI=1S/C18H20ClNO3S3/c19-15-5-3-14(4-6-15)11-24-12-18(21)20(10-17-2-1-8-25-17)16-7-9-26(22,23)13-16/h1-6,8,16H,7,9-13H2/t16-/m1/s1. The van der Waals surface area contributed by atoms with Crippen LogP contribution >= 0.6 is 34.7 Å². The zero-order valence-electron chi connectivity index (χ0n) is 14.1. The molecule has 140 valence electrons. The van der Waals surface area contributed by atoms with E-state index < -0.39 is 9.84 Å². The average Bonchev–Trinajstić information content (AvgIpc) is 3.23. The molecule has 1 aromatic carbocycles. The van der Waals surface area contributed by atoms with E-state index in [2.05, 4.69) is 0 Å². The number of amides is 1. The molecule has 4 nitrogen and oxygen atoms in total. The van der Waals surface area contributed by atoms with E-state index in [9.17, 15) is 13.2 Å². The van der Waals surface area contributed by atoms with Crippen molar-refractivity contribution < 1.29 is 13.2 Å². The minimum Gasteiger partial charge on any atom is -0.333 e. The van der Waals surface area contributed by atoms with Crippen LogP contribution in [0.4, 0.5) is 0 Å². The summed E-state index contributed by atoms with van der Waals surface area (Å²) in [4.78, 5) is 15.6. The maximum Gasteiger partial charge on any atom is 0.233 e. The molecule has 1 saturated heterocycles. The maximum atomic E-state index is 12.8. The Morgan fingerprint density at radius 3 is 2.65 bits per heavy atom. The Morgan fingerprint density at radius 1 is 1.27 bits per heavy atom. The van der Waals surface area contributed by atoms with Gasteiger partial charge in [0, 0.05) is 21.7 Å². The first-order chi connectivity index (χ1) is 12.4. The Balaban J connectivity index is 1.61. The molecule has 0 N–H and O–H groups in total. The number of thioether (sulfide) groups is 1. The van der Waals surface area contributed by atoms with E-state index in [-0.39, 0.29) is 23.5 Å². The highest BCUT2D eigenvalue weighted by atomic mass is 35.5. The van der Waals surface area contributed by atoms with Crippen molar-refractivity contribution in [1.29, 1.82) is 0 Å². The lowest BCUT2D eigenvalue weighted by Crippen LogP contribution is -2.41. The van der Waals surface area contributed by atoms with Crippen molar-refractivity contribution in [2.45, 2.75) is 24.8 Å². The largest absolute Gasteiger partial charge is 0.333 e. The van der Waals surface area contributed by atoms with E-state index in [1.165, 1.54) is 11.8 Å². The minimum absolute atomic E-state index is 0.000497. The molecule has 0 unspecified atom stereocenters. The lowest BCUT2D eigenvalue weighted by Gasteiger charge is -2.28. The van der Waals surface area contributed by atoms with Crippen molar-refractivity contribution in [3.63, 3.8) is 0 Å². The van der Waals surface area contributed by atoms with Crippen molar-refractivity contribution >= 4 is 50.4 Å². The van der Waals surface area contributed by atoms with Crippen LogP contribution in [0.2, 0.25) is 5.02 Å². The third kappa shape index (κ3) is 5.49. The van der Waals surface area contributed by atoms with Crippen molar-refractivity contribution in [3.8, 4) is 0 Å². The van der Waals surface area contributed by atoms with Gasteiger partial charge in [-0.2, -0.15) is 0 Å². The van der Waals surface area contributed by atoms with Gasteiger partial charge in [-0.25, -0.2) is 8.42 Å². The van der Waals surface area contributed by atoms with Crippen LogP contribution in [0, 0.1) is 0 Å². The maximum absolute atomic E-state index is 12.8. The number of carbonyl (C=O) groups is 1. The molecule has 2 heterocycles. The van der Waals surface area contributed by atoms with Crippen LogP contribution in [0.3, 0.4) is 0 Å². The molecule has 1 aliphatic rings. The number of rotatable bonds is 7. The van der Waals surface area contributed by atoms with E-state index in [0.717, 1.165) is 16.2 Å². The van der Waals surface area contributed by atoms with E-state index in [4.69, 9.17) is 11.6 Å². The zero-order chi connectivity index (χ0) is 18.6. The molecule has 1 aliphatic heterocycles. The third-order valence-electron chi connectivity index (χ3n) is 4.28. The van der Waals surface area contributed by atoms with E-state index >= 15 is 0 Å². The summed E-state index contributed by atoms with van der Waals surface area (Å²) in [5.41, 5.74) is 1.11. The van der Waals surface area contributed by atoms with Gasteiger partial charge in [-0.1, -0.05) is 29.8 Å². The Bertz CT molecular complexity index is 835. The molecule has 0 radical (unpaired) electrons. The summed E-state index contributed by atoms with van der Waals surface area (Å²) in [7, 11) is -3.03. The van der Waals surface area contributed by atoms with Gasteiger partial charge in [-0.15, -0.1) is 23.1 Å². The van der Waals surface area contributed by atoms with Crippen LogP contribution in [-0.4, -0.2) is 42.5 Å². The highest BCUT2D eigenvalue weighted by molar-refractivity contribution is 7.99. The summed E-state index contributed by atoms with van der Waals surface area (Å²) in [6.45, 7) is 0.484. The Labute approximate surface area is 167 Å². The normalized spacial score (nSPS) is 18.7. The Kier molecular flexibility index (Phi) is 6.66. The number of hydrogen-bond donors (Lipinski definition) is 0. The van der Waals surface area contributed by atoms with Gasteiger partial charge in [0.2, 0.25) is 5.91 Å². The van der Waals surface area contributed by atoms with Gasteiger partial charge in [-0.05, 0) is 35.6 Å². The summed E-state index contributed by atoms with van der Waals surface area (Å²) in [5, 5.41) is 2.66. The predicted molar refractivity (Wildman–Crippen MR) is 110 cm³/mol. The molecule has 1 aromatic heterocycles. The highest BCUT2D eigenvalue weighted by Crippen LogP contribution is 2.23. The first-order valence-electron chi connectivity index (χ1n) is 8.27. The number of halogens is 1. The second kappa shape index (κ2) is 8.78. The smallest absolute Gasteiger partial charge is 0.233 e. The molecule has 0 aliphatic carbocycles. The molecule has 2 aromatic rings. The number of hydrogen-bond acceptors (Lipinski definition) is 5. The third-order valence-corrected chi connectivity index (χ3v) is 8.14. The topological polar surface area (TPSA) is 54.5 Å². The van der Waals surface area contributed by atoms with E-state index in [1.54, 1.807) is 16.2 Å². The summed E-state index contributed by atoms with van der Waals surface area (Å²) >= 11 is 9.01. The predicted octanol–water partition coefficient (Wildman–Crippen LogP) is 3.85. The van der Waals surface area contributed by atoms with E-state index in [0.29, 0.717) is 23.7 Å². The van der Waals surface area contributed by atoms with Crippen molar-refractivity contribution in [2.75, 3.05) is 17.3 Å². The van der Waals surface area contributed by atoms with Gasteiger partial charge in [0.05, 0.1) is 23.8 Å². The number of sulfone groups is 1. The SMILES string of the molecule is O=C(CSCc1ccc(Cl)cc1)N(Cc1cccs1)[C@@H]1CCS(=O)(=O)C1. The molecular formula is C18H20ClNO3S3. The second-order valence-electron chi connectivity index (χ2n) is 6.28. The number of benzene rings is 1. The summed E-state index contributed by atoms with van der Waals surface area (Å²) in [6.07, 6.45) is 0.529. The number of nitrogens with zero attached hydrogens (tertiary/aromatic N) is 1. The lowest BCUT2D eigenvalue weighted by molar-refractivity contribution is -0.130. The molecular weight excluding hydrogens is 410 g/mol. The Morgan fingerprint density at radius 2 is 2.04 bits per heavy atom.